The number of piperidine rings is 1. The second-order valence-electron chi connectivity index (χ2n) is 10.4. The summed E-state index contributed by atoms with van der Waals surface area (Å²) in [6, 6.07) is 9.52. The lowest BCUT2D eigenvalue weighted by Gasteiger charge is -2.39. The topological polar surface area (TPSA) is 82.5 Å². The number of amides is 1. The summed E-state index contributed by atoms with van der Waals surface area (Å²) in [6.07, 6.45) is -2.99. The molecule has 2 fully saturated rings. The van der Waals surface area contributed by atoms with E-state index in [-0.39, 0.29) is 42.2 Å². The Hall–Kier alpha value is -2.69. The van der Waals surface area contributed by atoms with E-state index in [2.05, 4.69) is 4.90 Å². The lowest BCUT2D eigenvalue weighted by atomic mass is 9.87. The molecule has 11 heteroatoms. The van der Waals surface area contributed by atoms with Crippen LogP contribution in [0.15, 0.2) is 36.4 Å². The SMILES string of the molecule is O=C(c1ccc(O)cc1OC[C@H](O)CN1CCC2(CC1)Cc1cc(Cl)ccc1O2)N1CCC(C(F)(F)F)C1. The third-order valence-electron chi connectivity index (χ3n) is 7.66. The highest BCUT2D eigenvalue weighted by Gasteiger charge is 2.45. The highest BCUT2D eigenvalue weighted by Crippen LogP contribution is 2.42. The van der Waals surface area contributed by atoms with Crippen molar-refractivity contribution < 1.29 is 37.7 Å². The van der Waals surface area contributed by atoms with Gasteiger partial charge in [0.15, 0.2) is 0 Å². The van der Waals surface area contributed by atoms with E-state index in [0.717, 1.165) is 48.6 Å². The van der Waals surface area contributed by atoms with Crippen LogP contribution < -0.4 is 9.47 Å². The molecule has 38 heavy (non-hydrogen) atoms. The summed E-state index contributed by atoms with van der Waals surface area (Å²) >= 11 is 6.12. The van der Waals surface area contributed by atoms with Crippen molar-refractivity contribution in [2.75, 3.05) is 39.3 Å². The number of hydrogen-bond acceptors (Lipinski definition) is 6. The van der Waals surface area contributed by atoms with Crippen molar-refractivity contribution >= 4 is 17.5 Å². The number of phenolic OH excluding ortho intramolecular Hbond substituents is 1. The second kappa shape index (κ2) is 10.5. The number of aliphatic hydroxyl groups is 1. The third-order valence-corrected chi connectivity index (χ3v) is 7.90. The first-order valence-electron chi connectivity index (χ1n) is 12.7. The molecular formula is C27H30ClF3N2O5. The van der Waals surface area contributed by atoms with Gasteiger partial charge in [0.1, 0.15) is 35.6 Å². The number of aliphatic hydroxyl groups excluding tert-OH is 1. The highest BCUT2D eigenvalue weighted by molar-refractivity contribution is 6.30. The van der Waals surface area contributed by atoms with E-state index in [4.69, 9.17) is 21.1 Å². The van der Waals surface area contributed by atoms with Crippen LogP contribution in [0.2, 0.25) is 5.02 Å². The van der Waals surface area contributed by atoms with Gasteiger partial charge < -0.3 is 29.5 Å². The van der Waals surface area contributed by atoms with Crippen LogP contribution in [0.5, 0.6) is 17.2 Å². The van der Waals surface area contributed by atoms with Gasteiger partial charge in [-0.15, -0.1) is 0 Å². The minimum Gasteiger partial charge on any atom is -0.508 e. The van der Waals surface area contributed by atoms with Crippen molar-refractivity contribution in [1.82, 2.24) is 9.80 Å². The number of ether oxygens (including phenoxy) is 2. The quantitative estimate of drug-likeness (QED) is 0.555. The zero-order valence-electron chi connectivity index (χ0n) is 20.7. The number of rotatable bonds is 6. The Kier molecular flexibility index (Phi) is 7.41. The number of nitrogens with zero attached hydrogens (tertiary/aromatic N) is 2. The molecule has 3 heterocycles. The van der Waals surface area contributed by atoms with E-state index in [1.54, 1.807) is 0 Å². The van der Waals surface area contributed by atoms with Crippen LogP contribution in [0.3, 0.4) is 0 Å². The molecule has 1 spiro atoms. The van der Waals surface area contributed by atoms with Gasteiger partial charge in [-0.1, -0.05) is 11.6 Å². The van der Waals surface area contributed by atoms with E-state index in [9.17, 15) is 28.2 Å². The normalized spacial score (nSPS) is 21.8. The Labute approximate surface area is 223 Å². The van der Waals surface area contributed by atoms with Crippen molar-refractivity contribution in [1.29, 1.82) is 0 Å². The van der Waals surface area contributed by atoms with Crippen LogP contribution in [0.4, 0.5) is 13.2 Å². The minimum atomic E-state index is -4.36. The van der Waals surface area contributed by atoms with Crippen molar-refractivity contribution in [3.8, 4) is 17.2 Å². The first kappa shape index (κ1) is 26.9. The summed E-state index contributed by atoms with van der Waals surface area (Å²) < 4.78 is 51.1. The van der Waals surface area contributed by atoms with E-state index in [0.29, 0.717) is 11.6 Å². The third kappa shape index (κ3) is 5.82. The van der Waals surface area contributed by atoms with Crippen LogP contribution >= 0.6 is 11.6 Å². The lowest BCUT2D eigenvalue weighted by molar-refractivity contribution is -0.169. The lowest BCUT2D eigenvalue weighted by Crippen LogP contribution is -2.49. The molecule has 0 bridgehead atoms. The number of β-amino-alcohol motifs (C(OH)–C–C–N with tert-alkyl or cyclic N) is 1. The van der Waals surface area contributed by atoms with E-state index >= 15 is 0 Å². The number of likely N-dealkylation sites (tertiary alicyclic amines) is 2. The molecule has 0 saturated carbocycles. The van der Waals surface area contributed by atoms with Gasteiger partial charge in [0.25, 0.3) is 5.91 Å². The molecule has 2 N–H and O–H groups in total. The molecule has 1 unspecified atom stereocenters. The Morgan fingerprint density at radius 2 is 1.95 bits per heavy atom. The summed E-state index contributed by atoms with van der Waals surface area (Å²) in [5, 5.41) is 21.2. The van der Waals surface area contributed by atoms with Crippen LogP contribution in [0.25, 0.3) is 0 Å². The zero-order chi connectivity index (χ0) is 27.1. The highest BCUT2D eigenvalue weighted by atomic mass is 35.5. The maximum absolute atomic E-state index is 13.1. The summed E-state index contributed by atoms with van der Waals surface area (Å²) in [7, 11) is 0. The summed E-state index contributed by atoms with van der Waals surface area (Å²) in [4.78, 5) is 16.2. The molecule has 2 aromatic rings. The van der Waals surface area contributed by atoms with Gasteiger partial charge in [-0.2, -0.15) is 13.2 Å². The van der Waals surface area contributed by atoms with Crippen molar-refractivity contribution in [2.24, 2.45) is 5.92 Å². The maximum atomic E-state index is 13.1. The number of carbonyl (C=O) groups is 1. The maximum Gasteiger partial charge on any atom is 0.393 e. The number of fused-ring (bicyclic) bond motifs is 1. The van der Waals surface area contributed by atoms with Gasteiger partial charge >= 0.3 is 6.18 Å². The van der Waals surface area contributed by atoms with Crippen molar-refractivity contribution in [3.63, 3.8) is 0 Å². The molecule has 1 amide bonds. The van der Waals surface area contributed by atoms with Crippen molar-refractivity contribution in [3.05, 3.63) is 52.5 Å². The standard InChI is InChI=1S/C27H30ClF3N2O5/c28-19-1-4-23-17(11-19)13-26(38-23)6-9-32(10-7-26)15-21(35)16-37-24-12-20(34)2-3-22(24)25(36)33-8-5-18(14-33)27(29,30)31/h1-4,11-12,18,21,34-35H,5-10,13-16H2/t18?,21-/m1/s1. The molecule has 0 aromatic heterocycles. The molecule has 2 atom stereocenters. The van der Waals surface area contributed by atoms with Crippen LogP contribution in [-0.4, -0.2) is 83.1 Å². The number of hydrogen-bond donors (Lipinski definition) is 2. The fraction of sp³-hybridized carbons (Fsp3) is 0.519. The zero-order valence-corrected chi connectivity index (χ0v) is 21.5. The number of carbonyl (C=O) groups excluding carboxylic acids is 1. The molecule has 7 nitrogen and oxygen atoms in total. The number of aromatic hydroxyl groups is 1. The largest absolute Gasteiger partial charge is 0.508 e. The molecule has 0 radical (unpaired) electrons. The molecule has 5 rings (SSSR count). The summed E-state index contributed by atoms with van der Waals surface area (Å²) in [5.74, 6) is -1.41. The Balaban J connectivity index is 1.14. The van der Waals surface area contributed by atoms with E-state index in [1.165, 1.54) is 18.2 Å². The average molecular weight is 555 g/mol. The molecule has 0 aliphatic carbocycles. The molecule has 2 saturated heterocycles. The predicted molar refractivity (Wildman–Crippen MR) is 134 cm³/mol. The average Bonchev–Trinajstić information content (AvgIpc) is 3.49. The van der Waals surface area contributed by atoms with Crippen LogP contribution in [0.1, 0.15) is 35.2 Å². The number of phenols is 1. The van der Waals surface area contributed by atoms with Crippen LogP contribution in [-0.2, 0) is 6.42 Å². The number of halogens is 4. The molecule has 2 aromatic carbocycles. The fourth-order valence-electron chi connectivity index (χ4n) is 5.55. The molecular weight excluding hydrogens is 525 g/mol. The summed E-state index contributed by atoms with van der Waals surface area (Å²) in [6.45, 7) is 1.23. The van der Waals surface area contributed by atoms with Gasteiger partial charge in [-0.3, -0.25) is 4.79 Å². The molecule has 3 aliphatic heterocycles. The first-order valence-corrected chi connectivity index (χ1v) is 13.1. The van der Waals surface area contributed by atoms with Gasteiger partial charge in [0.2, 0.25) is 0 Å². The summed E-state index contributed by atoms with van der Waals surface area (Å²) in [5.41, 5.74) is 0.900. The van der Waals surface area contributed by atoms with Gasteiger partial charge in [-0.05, 0) is 42.3 Å². The Morgan fingerprint density at radius 1 is 1.18 bits per heavy atom. The predicted octanol–water partition coefficient (Wildman–Crippen LogP) is 4.28. The van der Waals surface area contributed by atoms with Gasteiger partial charge in [0.05, 0.1) is 11.5 Å². The number of alkyl halides is 3. The van der Waals surface area contributed by atoms with E-state index in [1.807, 2.05) is 18.2 Å². The van der Waals surface area contributed by atoms with Crippen LogP contribution in [0, 0.1) is 5.92 Å². The van der Waals surface area contributed by atoms with Gasteiger partial charge in [-0.25, -0.2) is 0 Å². The fourth-order valence-corrected chi connectivity index (χ4v) is 5.74. The molecule has 206 valence electrons. The monoisotopic (exact) mass is 554 g/mol. The van der Waals surface area contributed by atoms with Gasteiger partial charge in [0, 0.05) is 63.1 Å². The van der Waals surface area contributed by atoms with E-state index < -0.39 is 30.7 Å². The first-order chi connectivity index (χ1) is 18.0. The number of benzene rings is 2. The van der Waals surface area contributed by atoms with Crippen molar-refractivity contribution in [2.45, 2.75) is 43.6 Å². The smallest absolute Gasteiger partial charge is 0.393 e. The molecule has 3 aliphatic rings. The minimum absolute atomic E-state index is 0.00969. The Morgan fingerprint density at radius 3 is 2.66 bits per heavy atom. The Bertz CT molecular complexity index is 1190. The second-order valence-corrected chi connectivity index (χ2v) is 10.9.